The van der Waals surface area contributed by atoms with Crippen LogP contribution in [-0.4, -0.2) is 25.9 Å². The number of thioether (sulfide) groups is 1. The standard InChI is InChI=1S/C18H24N4OS/c1-5-11-22-12-19-21-18(22)24-14(4)17(23)20-16-9-7-15(8-10-16)13(3)6-2/h5,7-10,12-14H,1,6,11H2,2-4H3,(H,20,23)/t13-,14-/m0/s1. The van der Waals surface area contributed by atoms with Gasteiger partial charge >= 0.3 is 0 Å². The first-order chi connectivity index (χ1) is 11.5. The molecular formula is C18H24N4OS. The van der Waals surface area contributed by atoms with E-state index >= 15 is 0 Å². The molecule has 1 heterocycles. The largest absolute Gasteiger partial charge is 0.325 e. The number of benzene rings is 1. The molecule has 0 bridgehead atoms. The smallest absolute Gasteiger partial charge is 0.237 e. The predicted molar refractivity (Wildman–Crippen MR) is 99.3 cm³/mol. The Hall–Kier alpha value is -2.08. The number of nitrogens with one attached hydrogen (secondary N) is 1. The van der Waals surface area contributed by atoms with Gasteiger partial charge in [-0.25, -0.2) is 0 Å². The SMILES string of the molecule is C=CCn1cnnc1S[C@@H](C)C(=O)Nc1ccc([C@@H](C)CC)cc1. The molecule has 0 aliphatic heterocycles. The number of nitrogens with zero attached hydrogens (tertiary/aromatic N) is 3. The molecule has 2 rings (SSSR count). The van der Waals surface area contributed by atoms with Gasteiger partial charge in [-0.05, 0) is 37.0 Å². The van der Waals surface area contributed by atoms with Crippen LogP contribution in [0.2, 0.25) is 0 Å². The van der Waals surface area contributed by atoms with Gasteiger partial charge in [0.25, 0.3) is 0 Å². The lowest BCUT2D eigenvalue weighted by atomic mass is 9.99. The summed E-state index contributed by atoms with van der Waals surface area (Å²) in [6.07, 6.45) is 4.52. The zero-order chi connectivity index (χ0) is 17.5. The molecular weight excluding hydrogens is 320 g/mol. The van der Waals surface area contributed by atoms with Crippen molar-refractivity contribution in [1.29, 1.82) is 0 Å². The van der Waals surface area contributed by atoms with Crippen molar-refractivity contribution in [3.8, 4) is 0 Å². The molecule has 1 aromatic carbocycles. The maximum atomic E-state index is 12.4. The molecule has 0 unspecified atom stereocenters. The van der Waals surface area contributed by atoms with Gasteiger partial charge < -0.3 is 9.88 Å². The summed E-state index contributed by atoms with van der Waals surface area (Å²) in [6.45, 7) is 10.6. The van der Waals surface area contributed by atoms with E-state index in [2.05, 4.69) is 48.1 Å². The van der Waals surface area contributed by atoms with Gasteiger partial charge in [0.2, 0.25) is 5.91 Å². The van der Waals surface area contributed by atoms with Crippen LogP contribution >= 0.6 is 11.8 Å². The Bertz CT molecular complexity index is 681. The molecule has 0 fully saturated rings. The second-order valence-corrected chi connectivity index (χ2v) is 7.04. The van der Waals surface area contributed by atoms with Crippen molar-refractivity contribution in [3.63, 3.8) is 0 Å². The molecule has 0 aliphatic rings. The molecule has 2 atom stereocenters. The first-order valence-corrected chi connectivity index (χ1v) is 8.99. The average molecular weight is 344 g/mol. The fourth-order valence-electron chi connectivity index (χ4n) is 2.19. The number of anilines is 1. The number of hydrogen-bond acceptors (Lipinski definition) is 4. The lowest BCUT2D eigenvalue weighted by molar-refractivity contribution is -0.115. The number of carbonyl (C=O) groups excluding carboxylic acids is 1. The number of carbonyl (C=O) groups is 1. The van der Waals surface area contributed by atoms with Gasteiger partial charge in [-0.15, -0.1) is 16.8 Å². The zero-order valence-corrected chi connectivity index (χ0v) is 15.2. The van der Waals surface area contributed by atoms with Crippen molar-refractivity contribution in [2.75, 3.05) is 5.32 Å². The minimum atomic E-state index is -0.271. The molecule has 6 heteroatoms. The summed E-state index contributed by atoms with van der Waals surface area (Å²) in [5.74, 6) is 0.477. The molecule has 0 saturated heterocycles. The van der Waals surface area contributed by atoms with Crippen molar-refractivity contribution < 1.29 is 4.79 Å². The van der Waals surface area contributed by atoms with Crippen molar-refractivity contribution in [1.82, 2.24) is 14.8 Å². The molecule has 1 N–H and O–H groups in total. The highest BCUT2D eigenvalue weighted by molar-refractivity contribution is 8.00. The highest BCUT2D eigenvalue weighted by atomic mass is 32.2. The van der Waals surface area contributed by atoms with E-state index in [4.69, 9.17) is 0 Å². The first kappa shape index (κ1) is 18.3. The summed E-state index contributed by atoms with van der Waals surface area (Å²) < 4.78 is 1.86. The predicted octanol–water partition coefficient (Wildman–Crippen LogP) is 4.10. The second kappa shape index (κ2) is 8.68. The van der Waals surface area contributed by atoms with Crippen LogP contribution < -0.4 is 5.32 Å². The number of allylic oxidation sites excluding steroid dienone is 1. The molecule has 2 aromatic rings. The molecule has 5 nitrogen and oxygen atoms in total. The Morgan fingerprint density at radius 3 is 2.71 bits per heavy atom. The van der Waals surface area contributed by atoms with Gasteiger partial charge in [-0.1, -0.05) is 43.8 Å². The van der Waals surface area contributed by atoms with Gasteiger partial charge in [0, 0.05) is 12.2 Å². The van der Waals surface area contributed by atoms with Crippen LogP contribution in [0, 0.1) is 0 Å². The fraction of sp³-hybridized carbons (Fsp3) is 0.389. The normalized spacial score (nSPS) is 13.3. The van der Waals surface area contributed by atoms with E-state index in [-0.39, 0.29) is 11.2 Å². The van der Waals surface area contributed by atoms with Crippen LogP contribution in [0.5, 0.6) is 0 Å². The highest BCUT2D eigenvalue weighted by Crippen LogP contribution is 2.23. The van der Waals surface area contributed by atoms with E-state index in [0.29, 0.717) is 17.6 Å². The van der Waals surface area contributed by atoms with Gasteiger partial charge in [0.05, 0.1) is 5.25 Å². The Labute approximate surface area is 147 Å². The van der Waals surface area contributed by atoms with Crippen LogP contribution in [-0.2, 0) is 11.3 Å². The van der Waals surface area contributed by atoms with Crippen molar-refractivity contribution in [2.24, 2.45) is 0 Å². The maximum Gasteiger partial charge on any atom is 0.237 e. The summed E-state index contributed by atoms with van der Waals surface area (Å²) in [6, 6.07) is 8.05. The summed E-state index contributed by atoms with van der Waals surface area (Å²) in [5.41, 5.74) is 2.10. The third kappa shape index (κ3) is 4.71. The minimum Gasteiger partial charge on any atom is -0.325 e. The Kier molecular flexibility index (Phi) is 6.61. The van der Waals surface area contributed by atoms with Crippen LogP contribution in [0.4, 0.5) is 5.69 Å². The van der Waals surface area contributed by atoms with E-state index in [1.807, 2.05) is 23.6 Å². The van der Waals surface area contributed by atoms with Gasteiger partial charge in [0.15, 0.2) is 5.16 Å². The third-order valence-electron chi connectivity index (χ3n) is 3.92. The Morgan fingerprint density at radius 1 is 1.38 bits per heavy atom. The van der Waals surface area contributed by atoms with Crippen LogP contribution in [0.3, 0.4) is 0 Å². The summed E-state index contributed by atoms with van der Waals surface area (Å²) in [5, 5.41) is 11.3. The zero-order valence-electron chi connectivity index (χ0n) is 14.4. The van der Waals surface area contributed by atoms with Crippen molar-refractivity contribution in [2.45, 2.75) is 50.1 Å². The molecule has 128 valence electrons. The lowest BCUT2D eigenvalue weighted by Gasteiger charge is -2.13. The fourth-order valence-corrected chi connectivity index (χ4v) is 3.02. The maximum absolute atomic E-state index is 12.4. The van der Waals surface area contributed by atoms with Crippen molar-refractivity contribution >= 4 is 23.4 Å². The summed E-state index contributed by atoms with van der Waals surface area (Å²) >= 11 is 1.39. The van der Waals surface area contributed by atoms with E-state index < -0.39 is 0 Å². The third-order valence-corrected chi connectivity index (χ3v) is 5.01. The van der Waals surface area contributed by atoms with E-state index in [9.17, 15) is 4.79 Å². The number of hydrogen-bond donors (Lipinski definition) is 1. The molecule has 0 radical (unpaired) electrons. The molecule has 1 aromatic heterocycles. The van der Waals surface area contributed by atoms with Gasteiger partial charge in [0.1, 0.15) is 6.33 Å². The second-order valence-electron chi connectivity index (χ2n) is 5.74. The molecule has 0 saturated carbocycles. The first-order valence-electron chi connectivity index (χ1n) is 8.11. The molecule has 0 spiro atoms. The Morgan fingerprint density at radius 2 is 2.08 bits per heavy atom. The van der Waals surface area contributed by atoms with Crippen LogP contribution in [0.25, 0.3) is 0 Å². The summed E-state index contributed by atoms with van der Waals surface area (Å²) in [7, 11) is 0. The number of amides is 1. The van der Waals surface area contributed by atoms with E-state index in [1.54, 1.807) is 12.4 Å². The van der Waals surface area contributed by atoms with Crippen molar-refractivity contribution in [3.05, 3.63) is 48.8 Å². The van der Waals surface area contributed by atoms with Gasteiger partial charge in [-0.2, -0.15) is 0 Å². The van der Waals surface area contributed by atoms with Gasteiger partial charge in [-0.3, -0.25) is 4.79 Å². The number of aromatic nitrogens is 3. The van der Waals surface area contributed by atoms with E-state index in [1.165, 1.54) is 17.3 Å². The molecule has 24 heavy (non-hydrogen) atoms. The molecule has 1 amide bonds. The topological polar surface area (TPSA) is 59.8 Å². The van der Waals surface area contributed by atoms with Crippen LogP contribution in [0.15, 0.2) is 48.4 Å². The quantitative estimate of drug-likeness (QED) is 0.578. The average Bonchev–Trinajstić information content (AvgIpc) is 3.02. The highest BCUT2D eigenvalue weighted by Gasteiger charge is 2.18. The Balaban J connectivity index is 1.96. The number of rotatable bonds is 8. The minimum absolute atomic E-state index is 0.0514. The monoisotopic (exact) mass is 344 g/mol. The summed E-state index contributed by atoms with van der Waals surface area (Å²) in [4.78, 5) is 12.4. The van der Waals surface area contributed by atoms with Crippen LogP contribution in [0.1, 0.15) is 38.7 Å². The molecule has 0 aliphatic carbocycles. The van der Waals surface area contributed by atoms with E-state index in [0.717, 1.165) is 12.1 Å². The lowest BCUT2D eigenvalue weighted by Crippen LogP contribution is -2.22.